The number of hydrogen-bond donors (Lipinski definition) is 0. The molecular weight excluding hydrogens is 398 g/mol. The molecule has 0 atom stereocenters. The van der Waals surface area contributed by atoms with E-state index in [1.54, 1.807) is 32.7 Å². The number of ether oxygens (including phenoxy) is 3. The maximum absolute atomic E-state index is 5.64. The summed E-state index contributed by atoms with van der Waals surface area (Å²) in [4.78, 5) is 12.0. The second kappa shape index (κ2) is 8.52. The Kier molecular flexibility index (Phi) is 5.81. The molecule has 0 amide bonds. The van der Waals surface area contributed by atoms with Crippen molar-refractivity contribution in [2.45, 2.75) is 31.7 Å². The lowest BCUT2D eigenvalue weighted by atomic mass is 10.1. The Balaban J connectivity index is 1.79. The maximum Gasteiger partial charge on any atom is 0.226 e. The highest BCUT2D eigenvalue weighted by Gasteiger charge is 2.50. The molecule has 0 unspecified atom stereocenters. The van der Waals surface area contributed by atoms with Crippen LogP contribution in [-0.4, -0.2) is 37.8 Å². The molecular formula is C23H27N3O3S. The van der Waals surface area contributed by atoms with Crippen LogP contribution in [0.25, 0.3) is 11.3 Å². The third-order valence-corrected chi connectivity index (χ3v) is 6.28. The zero-order valence-electron chi connectivity index (χ0n) is 17.8. The van der Waals surface area contributed by atoms with Gasteiger partial charge in [0.25, 0.3) is 0 Å². The Morgan fingerprint density at radius 1 is 1.07 bits per heavy atom. The lowest BCUT2D eigenvalue weighted by molar-refractivity contribution is 0.377. The molecule has 2 heterocycles. The van der Waals surface area contributed by atoms with Gasteiger partial charge in [-0.15, -0.1) is 0 Å². The van der Waals surface area contributed by atoms with Crippen molar-refractivity contribution in [3.8, 4) is 28.5 Å². The summed E-state index contributed by atoms with van der Waals surface area (Å²) in [7, 11) is 4.90. The van der Waals surface area contributed by atoms with Crippen molar-refractivity contribution in [1.82, 2.24) is 9.97 Å². The highest BCUT2D eigenvalue weighted by Crippen LogP contribution is 2.53. The van der Waals surface area contributed by atoms with Crippen LogP contribution >= 0.6 is 11.3 Å². The lowest BCUT2D eigenvalue weighted by Gasteiger charge is -2.32. The van der Waals surface area contributed by atoms with Crippen molar-refractivity contribution in [3.63, 3.8) is 0 Å². The van der Waals surface area contributed by atoms with Crippen LogP contribution in [0.1, 0.15) is 31.7 Å². The molecule has 1 aliphatic rings. The van der Waals surface area contributed by atoms with Crippen molar-refractivity contribution in [2.75, 3.05) is 32.8 Å². The number of thiophene rings is 1. The number of benzene rings is 1. The second-order valence-corrected chi connectivity index (χ2v) is 8.12. The van der Waals surface area contributed by atoms with Crippen LogP contribution < -0.4 is 19.1 Å². The van der Waals surface area contributed by atoms with Crippen molar-refractivity contribution < 1.29 is 14.2 Å². The number of nitrogens with zero attached hydrogens (tertiary/aromatic N) is 3. The van der Waals surface area contributed by atoms with Gasteiger partial charge in [-0.2, -0.15) is 11.3 Å². The van der Waals surface area contributed by atoms with Gasteiger partial charge in [-0.25, -0.2) is 9.97 Å². The molecule has 30 heavy (non-hydrogen) atoms. The predicted octanol–water partition coefficient (Wildman–Crippen LogP) is 5.14. The molecule has 1 aliphatic carbocycles. The third kappa shape index (κ3) is 3.58. The van der Waals surface area contributed by atoms with E-state index in [2.05, 4.69) is 33.6 Å². The van der Waals surface area contributed by atoms with Crippen molar-refractivity contribution >= 4 is 17.3 Å². The van der Waals surface area contributed by atoms with Gasteiger partial charge in [0.05, 0.1) is 38.1 Å². The summed E-state index contributed by atoms with van der Waals surface area (Å²) in [5.41, 5.74) is 2.91. The minimum atomic E-state index is 0.00269. The van der Waals surface area contributed by atoms with E-state index in [1.165, 1.54) is 5.56 Å². The van der Waals surface area contributed by atoms with Gasteiger partial charge in [0.2, 0.25) is 5.95 Å². The van der Waals surface area contributed by atoms with E-state index in [-0.39, 0.29) is 5.54 Å². The zero-order chi connectivity index (χ0) is 21.1. The third-order valence-electron chi connectivity index (χ3n) is 5.60. The predicted molar refractivity (Wildman–Crippen MR) is 120 cm³/mol. The van der Waals surface area contributed by atoms with E-state index in [9.17, 15) is 0 Å². The molecule has 1 aromatic carbocycles. The molecule has 1 fully saturated rings. The summed E-state index contributed by atoms with van der Waals surface area (Å²) in [6.07, 6.45) is 5.07. The molecule has 7 heteroatoms. The summed E-state index contributed by atoms with van der Waals surface area (Å²) in [5, 5.41) is 4.39. The molecule has 158 valence electrons. The largest absolute Gasteiger partial charge is 0.496 e. The Bertz CT molecular complexity index is 978. The molecule has 0 aliphatic heterocycles. The fraction of sp³-hybridized carbons (Fsp3) is 0.391. The minimum absolute atomic E-state index is 0.00269. The van der Waals surface area contributed by atoms with Gasteiger partial charge in [0, 0.05) is 24.9 Å². The highest BCUT2D eigenvalue weighted by molar-refractivity contribution is 7.08. The van der Waals surface area contributed by atoms with Gasteiger partial charge in [0.1, 0.15) is 17.2 Å². The first-order chi connectivity index (χ1) is 14.7. The van der Waals surface area contributed by atoms with Gasteiger partial charge in [-0.05, 0) is 47.7 Å². The first-order valence-electron chi connectivity index (χ1n) is 10.1. The average molecular weight is 426 g/mol. The number of rotatable bonds is 9. The topological polar surface area (TPSA) is 56.7 Å². The molecule has 0 radical (unpaired) electrons. The van der Waals surface area contributed by atoms with Crippen LogP contribution in [0, 0.1) is 0 Å². The summed E-state index contributed by atoms with van der Waals surface area (Å²) in [6.45, 7) is 3.09. The normalized spacial score (nSPS) is 14.3. The lowest BCUT2D eigenvalue weighted by Crippen LogP contribution is -2.37. The van der Waals surface area contributed by atoms with E-state index in [0.717, 1.165) is 43.0 Å². The Hall–Kier alpha value is -2.80. The van der Waals surface area contributed by atoms with E-state index in [4.69, 9.17) is 19.2 Å². The van der Waals surface area contributed by atoms with E-state index >= 15 is 0 Å². The van der Waals surface area contributed by atoms with E-state index in [1.807, 2.05) is 24.4 Å². The van der Waals surface area contributed by atoms with Crippen LogP contribution in [-0.2, 0) is 5.54 Å². The summed E-state index contributed by atoms with van der Waals surface area (Å²) < 4.78 is 16.7. The number of aromatic nitrogens is 2. The van der Waals surface area contributed by atoms with Crippen LogP contribution in [0.4, 0.5) is 5.95 Å². The highest BCUT2D eigenvalue weighted by atomic mass is 32.1. The molecule has 0 bridgehead atoms. The molecule has 4 rings (SSSR count). The summed E-state index contributed by atoms with van der Waals surface area (Å²) in [6, 6.07) is 7.80. The average Bonchev–Trinajstić information content (AvgIpc) is 3.39. The van der Waals surface area contributed by atoms with E-state index in [0.29, 0.717) is 17.2 Å². The van der Waals surface area contributed by atoms with Gasteiger partial charge in [0.15, 0.2) is 0 Å². The van der Waals surface area contributed by atoms with Gasteiger partial charge >= 0.3 is 0 Å². The van der Waals surface area contributed by atoms with E-state index < -0.39 is 0 Å². The molecule has 0 N–H and O–H groups in total. The Morgan fingerprint density at radius 2 is 1.80 bits per heavy atom. The molecule has 0 spiro atoms. The fourth-order valence-corrected chi connectivity index (χ4v) is 4.72. The fourth-order valence-electron chi connectivity index (χ4n) is 3.97. The summed E-state index contributed by atoms with van der Waals surface area (Å²) >= 11 is 1.74. The van der Waals surface area contributed by atoms with Crippen LogP contribution in [0.15, 0.2) is 41.2 Å². The van der Waals surface area contributed by atoms with Gasteiger partial charge in [-0.3, -0.25) is 0 Å². The molecule has 6 nitrogen and oxygen atoms in total. The van der Waals surface area contributed by atoms with Gasteiger partial charge in [-0.1, -0.05) is 6.92 Å². The SMILES string of the molecule is CCCN(c1nccc(-c2c(OC)cc(OC)cc2OC)n1)C1(c2ccsc2)CC1. The van der Waals surface area contributed by atoms with Crippen molar-refractivity contribution in [1.29, 1.82) is 0 Å². The Labute approximate surface area is 181 Å². The van der Waals surface area contributed by atoms with Crippen LogP contribution in [0.5, 0.6) is 17.2 Å². The van der Waals surface area contributed by atoms with Crippen LogP contribution in [0.2, 0.25) is 0 Å². The first-order valence-corrected chi connectivity index (χ1v) is 11.0. The van der Waals surface area contributed by atoms with Crippen LogP contribution in [0.3, 0.4) is 0 Å². The molecule has 2 aromatic heterocycles. The zero-order valence-corrected chi connectivity index (χ0v) is 18.7. The van der Waals surface area contributed by atoms with Gasteiger partial charge < -0.3 is 19.1 Å². The molecule has 0 saturated heterocycles. The second-order valence-electron chi connectivity index (χ2n) is 7.34. The number of methoxy groups -OCH3 is 3. The first kappa shape index (κ1) is 20.5. The number of hydrogen-bond acceptors (Lipinski definition) is 7. The standard InChI is InChI=1S/C23H27N3O3S/c1-5-11-26(23(8-9-23)16-7-12-30-15-16)22-24-10-6-18(25-22)21-19(28-3)13-17(27-2)14-20(21)29-4/h6-7,10,12-15H,5,8-9,11H2,1-4H3. The van der Waals surface area contributed by atoms with Crippen molar-refractivity contribution in [3.05, 3.63) is 46.8 Å². The number of anilines is 1. The molecule has 1 saturated carbocycles. The van der Waals surface area contributed by atoms with Crippen molar-refractivity contribution in [2.24, 2.45) is 0 Å². The summed E-state index contributed by atoms with van der Waals surface area (Å²) in [5.74, 6) is 2.70. The Morgan fingerprint density at radius 3 is 2.33 bits per heavy atom. The minimum Gasteiger partial charge on any atom is -0.496 e. The quantitative estimate of drug-likeness (QED) is 0.473. The monoisotopic (exact) mass is 425 g/mol. The smallest absolute Gasteiger partial charge is 0.226 e. The molecule has 3 aromatic rings. The maximum atomic E-state index is 5.64.